The van der Waals surface area contributed by atoms with Crippen molar-refractivity contribution in [2.45, 2.75) is 38.2 Å². The fourth-order valence-corrected chi connectivity index (χ4v) is 2.76. The molecular weight excluding hydrogens is 238 g/mol. The normalized spacial score (nSPS) is 22.8. The summed E-state index contributed by atoms with van der Waals surface area (Å²) in [5.41, 5.74) is 2.24. The van der Waals surface area contributed by atoms with Gasteiger partial charge in [-0.25, -0.2) is 9.97 Å². The van der Waals surface area contributed by atoms with Crippen LogP contribution in [-0.4, -0.2) is 29.2 Å². The number of ether oxygens (including phenoxy) is 1. The van der Waals surface area contributed by atoms with Crippen LogP contribution in [0.15, 0.2) is 0 Å². The van der Waals surface area contributed by atoms with Crippen molar-refractivity contribution in [3.8, 4) is 0 Å². The van der Waals surface area contributed by atoms with Crippen molar-refractivity contribution in [3.05, 3.63) is 16.4 Å². The van der Waals surface area contributed by atoms with Crippen molar-refractivity contribution in [1.29, 1.82) is 0 Å². The second-order valence-electron chi connectivity index (χ2n) is 4.63. The van der Waals surface area contributed by atoms with Gasteiger partial charge in [-0.3, -0.25) is 0 Å². The molecule has 1 aliphatic heterocycles. The Morgan fingerprint density at radius 2 is 2.24 bits per heavy atom. The average molecular weight is 254 g/mol. The van der Waals surface area contributed by atoms with Gasteiger partial charge in [-0.1, -0.05) is 11.6 Å². The highest BCUT2D eigenvalue weighted by Crippen LogP contribution is 2.27. The zero-order valence-corrected chi connectivity index (χ0v) is 10.5. The molecule has 0 saturated carbocycles. The number of anilines is 1. The van der Waals surface area contributed by atoms with Gasteiger partial charge in [0.2, 0.25) is 5.95 Å². The third-order valence-electron chi connectivity index (χ3n) is 3.39. The zero-order chi connectivity index (χ0) is 11.7. The summed E-state index contributed by atoms with van der Waals surface area (Å²) < 4.78 is 5.55. The van der Waals surface area contributed by atoms with Gasteiger partial charge in [0.1, 0.15) is 5.15 Å². The predicted octanol–water partition coefficient (Wildman–Crippen LogP) is 2.21. The number of hydrogen-bond donors (Lipinski definition) is 1. The smallest absolute Gasteiger partial charge is 0.224 e. The average Bonchev–Trinajstić information content (AvgIpc) is 2.97. The molecule has 0 aromatic carbocycles. The Kier molecular flexibility index (Phi) is 3.16. The van der Waals surface area contributed by atoms with Crippen LogP contribution in [0.25, 0.3) is 0 Å². The van der Waals surface area contributed by atoms with E-state index in [1.807, 2.05) is 0 Å². The molecule has 2 heterocycles. The third-order valence-corrected chi connectivity index (χ3v) is 3.71. The van der Waals surface area contributed by atoms with Crippen molar-refractivity contribution >= 4 is 17.5 Å². The molecule has 1 aromatic heterocycles. The zero-order valence-electron chi connectivity index (χ0n) is 9.71. The number of aromatic nitrogens is 2. The number of fused-ring (bicyclic) bond motifs is 1. The first kappa shape index (κ1) is 11.2. The van der Waals surface area contributed by atoms with Crippen molar-refractivity contribution in [1.82, 2.24) is 9.97 Å². The first-order chi connectivity index (χ1) is 8.33. The number of hydrogen-bond acceptors (Lipinski definition) is 4. The molecule has 3 rings (SSSR count). The second kappa shape index (κ2) is 4.78. The lowest BCUT2D eigenvalue weighted by atomic mass is 10.2. The van der Waals surface area contributed by atoms with Crippen LogP contribution in [0.1, 0.15) is 30.5 Å². The molecule has 2 aliphatic rings. The van der Waals surface area contributed by atoms with E-state index < -0.39 is 0 Å². The number of halogens is 1. The molecule has 1 aliphatic carbocycles. The predicted molar refractivity (Wildman–Crippen MR) is 66.5 cm³/mol. The van der Waals surface area contributed by atoms with E-state index >= 15 is 0 Å². The van der Waals surface area contributed by atoms with Gasteiger partial charge < -0.3 is 10.1 Å². The standard InChI is InChI=1S/C12H16ClN3O/c13-11-9-4-1-5-10(9)15-12(16-11)14-7-8-3-2-6-17-8/h8H,1-7H2,(H,14,15,16). The van der Waals surface area contributed by atoms with Crippen LogP contribution in [0, 0.1) is 0 Å². The molecule has 1 aromatic rings. The molecular formula is C12H16ClN3O. The van der Waals surface area contributed by atoms with Crippen molar-refractivity contribution in [2.24, 2.45) is 0 Å². The highest BCUT2D eigenvalue weighted by atomic mass is 35.5. The van der Waals surface area contributed by atoms with E-state index in [-0.39, 0.29) is 0 Å². The van der Waals surface area contributed by atoms with Crippen LogP contribution in [0.4, 0.5) is 5.95 Å². The quantitative estimate of drug-likeness (QED) is 0.839. The summed E-state index contributed by atoms with van der Waals surface area (Å²) in [5, 5.41) is 3.84. The van der Waals surface area contributed by atoms with Gasteiger partial charge in [0.25, 0.3) is 0 Å². The molecule has 0 amide bonds. The maximum absolute atomic E-state index is 6.15. The number of rotatable bonds is 3. The minimum absolute atomic E-state index is 0.297. The van der Waals surface area contributed by atoms with Crippen LogP contribution in [0.3, 0.4) is 0 Å². The van der Waals surface area contributed by atoms with E-state index in [2.05, 4.69) is 15.3 Å². The van der Waals surface area contributed by atoms with E-state index in [0.717, 1.165) is 56.5 Å². The summed E-state index contributed by atoms with van der Waals surface area (Å²) >= 11 is 6.15. The van der Waals surface area contributed by atoms with E-state index in [4.69, 9.17) is 16.3 Å². The molecule has 0 bridgehead atoms. The minimum atomic E-state index is 0.297. The van der Waals surface area contributed by atoms with Crippen LogP contribution in [0.5, 0.6) is 0 Å². The monoisotopic (exact) mass is 253 g/mol. The van der Waals surface area contributed by atoms with E-state index in [1.165, 1.54) is 0 Å². The summed E-state index contributed by atoms with van der Waals surface area (Å²) in [6.45, 7) is 1.65. The van der Waals surface area contributed by atoms with Crippen LogP contribution in [0.2, 0.25) is 5.15 Å². The van der Waals surface area contributed by atoms with Gasteiger partial charge in [0, 0.05) is 18.7 Å². The van der Waals surface area contributed by atoms with Gasteiger partial charge in [-0.15, -0.1) is 0 Å². The molecule has 0 radical (unpaired) electrons. The van der Waals surface area contributed by atoms with E-state index in [9.17, 15) is 0 Å². The lowest BCUT2D eigenvalue weighted by Crippen LogP contribution is -2.20. The van der Waals surface area contributed by atoms with Gasteiger partial charge >= 0.3 is 0 Å². The van der Waals surface area contributed by atoms with Crippen LogP contribution < -0.4 is 5.32 Å². The maximum Gasteiger partial charge on any atom is 0.224 e. The van der Waals surface area contributed by atoms with Gasteiger partial charge in [-0.05, 0) is 32.1 Å². The topological polar surface area (TPSA) is 47.0 Å². The Labute approximate surface area is 106 Å². The summed E-state index contributed by atoms with van der Waals surface area (Å²) in [5.74, 6) is 0.645. The minimum Gasteiger partial charge on any atom is -0.376 e. The Morgan fingerprint density at radius 1 is 1.29 bits per heavy atom. The van der Waals surface area contributed by atoms with Gasteiger partial charge in [0.15, 0.2) is 0 Å². The lowest BCUT2D eigenvalue weighted by Gasteiger charge is -2.11. The first-order valence-corrected chi connectivity index (χ1v) is 6.61. The number of nitrogens with zero attached hydrogens (tertiary/aromatic N) is 2. The van der Waals surface area contributed by atoms with Crippen molar-refractivity contribution in [2.75, 3.05) is 18.5 Å². The summed E-state index contributed by atoms with van der Waals surface area (Å²) in [6, 6.07) is 0. The fraction of sp³-hybridized carbons (Fsp3) is 0.667. The van der Waals surface area contributed by atoms with Crippen LogP contribution in [-0.2, 0) is 17.6 Å². The summed E-state index contributed by atoms with van der Waals surface area (Å²) in [6.07, 6.45) is 5.74. The highest BCUT2D eigenvalue weighted by molar-refractivity contribution is 6.30. The van der Waals surface area contributed by atoms with Crippen molar-refractivity contribution in [3.63, 3.8) is 0 Å². The molecule has 1 fully saturated rings. The Hall–Kier alpha value is -0.870. The molecule has 1 saturated heterocycles. The second-order valence-corrected chi connectivity index (χ2v) is 4.99. The molecule has 1 unspecified atom stereocenters. The number of aryl methyl sites for hydroxylation is 1. The Bertz CT molecular complexity index is 418. The summed E-state index contributed by atoms with van der Waals surface area (Å²) in [4.78, 5) is 8.81. The first-order valence-electron chi connectivity index (χ1n) is 6.23. The van der Waals surface area contributed by atoms with Crippen LogP contribution >= 0.6 is 11.6 Å². The number of nitrogens with one attached hydrogen (secondary N) is 1. The third kappa shape index (κ3) is 2.38. The molecule has 1 N–H and O–H groups in total. The van der Waals surface area contributed by atoms with Gasteiger partial charge in [-0.2, -0.15) is 0 Å². The molecule has 5 heteroatoms. The largest absolute Gasteiger partial charge is 0.376 e. The Morgan fingerprint density at radius 3 is 3.06 bits per heavy atom. The fourth-order valence-electron chi connectivity index (χ4n) is 2.48. The SMILES string of the molecule is Clc1nc(NCC2CCCO2)nc2c1CCC2. The highest BCUT2D eigenvalue weighted by Gasteiger charge is 2.19. The maximum atomic E-state index is 6.15. The Balaban J connectivity index is 1.68. The summed E-state index contributed by atoms with van der Waals surface area (Å²) in [7, 11) is 0. The molecule has 17 heavy (non-hydrogen) atoms. The van der Waals surface area contributed by atoms with E-state index in [1.54, 1.807) is 0 Å². The van der Waals surface area contributed by atoms with Crippen molar-refractivity contribution < 1.29 is 4.74 Å². The van der Waals surface area contributed by atoms with E-state index in [0.29, 0.717) is 17.2 Å². The lowest BCUT2D eigenvalue weighted by molar-refractivity contribution is 0.120. The van der Waals surface area contributed by atoms with Gasteiger partial charge in [0.05, 0.1) is 11.8 Å². The molecule has 4 nitrogen and oxygen atoms in total. The molecule has 92 valence electrons. The molecule has 0 spiro atoms. The molecule has 1 atom stereocenters.